The van der Waals surface area contributed by atoms with Crippen LogP contribution < -0.4 is 10.4 Å². The lowest BCUT2D eigenvalue weighted by Crippen LogP contribution is -2.44. The van der Waals surface area contributed by atoms with Gasteiger partial charge < -0.3 is 4.74 Å². The van der Waals surface area contributed by atoms with Crippen LogP contribution in [-0.4, -0.2) is 34.5 Å². The molecule has 1 saturated heterocycles. The molecule has 1 aliphatic rings. The highest BCUT2D eigenvalue weighted by Gasteiger charge is 2.38. The Balaban J connectivity index is 2.28. The normalized spacial score (nSPS) is 18.7. The van der Waals surface area contributed by atoms with Crippen LogP contribution >= 0.6 is 11.6 Å². The summed E-state index contributed by atoms with van der Waals surface area (Å²) in [5.41, 5.74) is 2.51. The van der Waals surface area contributed by atoms with E-state index in [0.717, 1.165) is 0 Å². The van der Waals surface area contributed by atoms with Gasteiger partial charge in [-0.1, -0.05) is 11.6 Å². The van der Waals surface area contributed by atoms with Gasteiger partial charge in [0, 0.05) is 12.4 Å². The fourth-order valence-corrected chi connectivity index (χ4v) is 1.82. The number of nitrogens with zero attached hydrogens (tertiary/aromatic N) is 3. The number of hydrogen-bond donors (Lipinski definition) is 1. The Bertz CT molecular complexity index is 482. The molecule has 1 amide bonds. The van der Waals surface area contributed by atoms with E-state index in [1.165, 1.54) is 17.4 Å². The van der Waals surface area contributed by atoms with Crippen molar-refractivity contribution >= 4 is 29.3 Å². The monoisotopic (exact) mass is 270 g/mol. The fourth-order valence-electron chi connectivity index (χ4n) is 1.63. The first-order valence-corrected chi connectivity index (χ1v) is 5.73. The van der Waals surface area contributed by atoms with Crippen LogP contribution in [0, 0.1) is 0 Å². The molecule has 1 aromatic rings. The van der Waals surface area contributed by atoms with Crippen LogP contribution in [0.15, 0.2) is 12.4 Å². The summed E-state index contributed by atoms with van der Waals surface area (Å²) in [7, 11) is 0. The molecule has 7 nitrogen and oxygen atoms in total. The van der Waals surface area contributed by atoms with E-state index < -0.39 is 12.0 Å². The third-order valence-corrected chi connectivity index (χ3v) is 2.62. The second kappa shape index (κ2) is 5.18. The van der Waals surface area contributed by atoms with Crippen LogP contribution in [0.3, 0.4) is 0 Å². The standard InChI is InChI=1S/C10H11ClN4O3/c1-2-18-10(17)6-5-7(16)14-15(6)9-8(11)12-3-4-13-9/h3-4,6H,2,5H2,1H3,(H,14,16). The second-order valence-corrected chi connectivity index (χ2v) is 3.91. The Hall–Kier alpha value is -1.89. The lowest BCUT2D eigenvalue weighted by molar-refractivity contribution is -0.144. The summed E-state index contributed by atoms with van der Waals surface area (Å²) < 4.78 is 4.90. The molecule has 1 aliphatic heterocycles. The molecule has 1 unspecified atom stereocenters. The maximum absolute atomic E-state index is 11.7. The molecule has 1 fully saturated rings. The Morgan fingerprint density at radius 3 is 3.00 bits per heavy atom. The van der Waals surface area contributed by atoms with Crippen molar-refractivity contribution in [1.29, 1.82) is 0 Å². The molecule has 2 heterocycles. The summed E-state index contributed by atoms with van der Waals surface area (Å²) in [5.74, 6) is -0.574. The number of nitrogens with one attached hydrogen (secondary N) is 1. The third kappa shape index (κ3) is 2.35. The molecule has 0 radical (unpaired) electrons. The van der Waals surface area contributed by atoms with Gasteiger partial charge in [-0.3, -0.25) is 15.2 Å². The highest BCUT2D eigenvalue weighted by molar-refractivity contribution is 6.31. The lowest BCUT2D eigenvalue weighted by atomic mass is 10.2. The van der Waals surface area contributed by atoms with Crippen LogP contribution in [0.2, 0.25) is 5.15 Å². The quantitative estimate of drug-likeness (QED) is 0.796. The van der Waals surface area contributed by atoms with Gasteiger partial charge in [0.1, 0.15) is 0 Å². The van der Waals surface area contributed by atoms with Crippen molar-refractivity contribution < 1.29 is 14.3 Å². The van der Waals surface area contributed by atoms with E-state index in [1.807, 2.05) is 0 Å². The van der Waals surface area contributed by atoms with E-state index in [2.05, 4.69) is 15.4 Å². The van der Waals surface area contributed by atoms with Gasteiger partial charge in [0.15, 0.2) is 17.0 Å². The van der Waals surface area contributed by atoms with Crippen LogP contribution in [0.5, 0.6) is 0 Å². The van der Waals surface area contributed by atoms with Gasteiger partial charge in [0.25, 0.3) is 0 Å². The molecular formula is C10H11ClN4O3. The molecular weight excluding hydrogens is 260 g/mol. The SMILES string of the molecule is CCOC(=O)C1CC(=O)NN1c1nccnc1Cl. The highest BCUT2D eigenvalue weighted by atomic mass is 35.5. The molecule has 2 rings (SSSR count). The number of hydrogen-bond acceptors (Lipinski definition) is 6. The van der Waals surface area contributed by atoms with Crippen molar-refractivity contribution in [1.82, 2.24) is 15.4 Å². The zero-order valence-corrected chi connectivity index (χ0v) is 10.3. The first-order valence-electron chi connectivity index (χ1n) is 5.35. The van der Waals surface area contributed by atoms with E-state index in [4.69, 9.17) is 16.3 Å². The molecule has 96 valence electrons. The fraction of sp³-hybridized carbons (Fsp3) is 0.400. The topological polar surface area (TPSA) is 84.4 Å². The smallest absolute Gasteiger partial charge is 0.331 e. The molecule has 18 heavy (non-hydrogen) atoms. The van der Waals surface area contributed by atoms with Gasteiger partial charge >= 0.3 is 5.97 Å². The molecule has 0 saturated carbocycles. The average molecular weight is 271 g/mol. The Kier molecular flexibility index (Phi) is 3.61. The Morgan fingerprint density at radius 2 is 2.33 bits per heavy atom. The van der Waals surface area contributed by atoms with Crippen molar-refractivity contribution in [2.45, 2.75) is 19.4 Å². The van der Waals surface area contributed by atoms with E-state index >= 15 is 0 Å². The molecule has 0 aliphatic carbocycles. The number of esters is 1. The minimum atomic E-state index is -0.772. The van der Waals surface area contributed by atoms with Gasteiger partial charge in [0.2, 0.25) is 5.91 Å². The maximum Gasteiger partial charge on any atom is 0.331 e. The summed E-state index contributed by atoms with van der Waals surface area (Å²) in [6, 6.07) is -0.772. The molecule has 0 spiro atoms. The summed E-state index contributed by atoms with van der Waals surface area (Å²) >= 11 is 5.88. The van der Waals surface area contributed by atoms with Crippen molar-refractivity contribution in [3.8, 4) is 0 Å². The largest absolute Gasteiger partial charge is 0.464 e. The number of aromatic nitrogens is 2. The molecule has 1 atom stereocenters. The van der Waals surface area contributed by atoms with Crippen molar-refractivity contribution in [3.63, 3.8) is 0 Å². The van der Waals surface area contributed by atoms with Gasteiger partial charge in [-0.05, 0) is 6.92 Å². The predicted molar refractivity (Wildman–Crippen MR) is 62.7 cm³/mol. The number of amides is 1. The van der Waals surface area contributed by atoms with E-state index in [0.29, 0.717) is 0 Å². The first-order chi connectivity index (χ1) is 8.63. The zero-order chi connectivity index (χ0) is 13.1. The summed E-state index contributed by atoms with van der Waals surface area (Å²) in [6.07, 6.45) is 2.85. The lowest BCUT2D eigenvalue weighted by Gasteiger charge is -2.22. The Labute approximate surface area is 108 Å². The van der Waals surface area contributed by atoms with Crippen LogP contribution in [0.1, 0.15) is 13.3 Å². The first kappa shape index (κ1) is 12.6. The van der Waals surface area contributed by atoms with Crippen LogP contribution in [-0.2, 0) is 14.3 Å². The number of hydrazine groups is 1. The number of carbonyl (C=O) groups is 2. The summed E-state index contributed by atoms with van der Waals surface area (Å²) in [6.45, 7) is 1.94. The number of carbonyl (C=O) groups excluding carboxylic acids is 2. The van der Waals surface area contributed by atoms with E-state index in [9.17, 15) is 9.59 Å². The number of rotatable bonds is 3. The van der Waals surface area contributed by atoms with Gasteiger partial charge in [-0.25, -0.2) is 14.8 Å². The second-order valence-electron chi connectivity index (χ2n) is 3.55. The van der Waals surface area contributed by atoms with E-state index in [-0.39, 0.29) is 29.9 Å². The minimum Gasteiger partial charge on any atom is -0.464 e. The zero-order valence-electron chi connectivity index (χ0n) is 9.59. The van der Waals surface area contributed by atoms with Crippen LogP contribution in [0.4, 0.5) is 5.82 Å². The molecule has 0 aromatic carbocycles. The van der Waals surface area contributed by atoms with Crippen molar-refractivity contribution in [2.75, 3.05) is 11.6 Å². The summed E-state index contributed by atoms with van der Waals surface area (Å²) in [5, 5.41) is 1.39. The molecule has 0 bridgehead atoms. The van der Waals surface area contributed by atoms with Gasteiger partial charge in [-0.15, -0.1) is 0 Å². The van der Waals surface area contributed by atoms with Gasteiger partial charge in [0.05, 0.1) is 13.0 Å². The highest BCUT2D eigenvalue weighted by Crippen LogP contribution is 2.24. The number of ether oxygens (including phenoxy) is 1. The Morgan fingerprint density at radius 1 is 1.61 bits per heavy atom. The van der Waals surface area contributed by atoms with E-state index in [1.54, 1.807) is 6.92 Å². The summed E-state index contributed by atoms with van der Waals surface area (Å²) in [4.78, 5) is 31.0. The van der Waals surface area contributed by atoms with Crippen molar-refractivity contribution in [3.05, 3.63) is 17.5 Å². The average Bonchev–Trinajstić information content (AvgIpc) is 2.72. The molecule has 8 heteroatoms. The molecule has 1 aromatic heterocycles. The van der Waals surface area contributed by atoms with Crippen molar-refractivity contribution in [2.24, 2.45) is 0 Å². The predicted octanol–water partition coefficient (Wildman–Crippen LogP) is 0.303. The molecule has 1 N–H and O–H groups in total. The maximum atomic E-state index is 11.7. The van der Waals surface area contributed by atoms with Crippen LogP contribution in [0.25, 0.3) is 0 Å². The third-order valence-electron chi connectivity index (χ3n) is 2.36. The number of anilines is 1. The minimum absolute atomic E-state index is 0.00569. The van der Waals surface area contributed by atoms with Gasteiger partial charge in [-0.2, -0.15) is 0 Å². The number of halogens is 1.